The Bertz CT molecular complexity index is 1060. The number of ether oxygens (including phenoxy) is 2. The lowest BCUT2D eigenvalue weighted by Gasteiger charge is -2.12. The van der Waals surface area contributed by atoms with Crippen LogP contribution in [0.5, 0.6) is 11.6 Å². The monoisotopic (exact) mass is 437 g/mol. The van der Waals surface area contributed by atoms with Crippen LogP contribution in [0.15, 0.2) is 48.5 Å². The summed E-state index contributed by atoms with van der Waals surface area (Å²) in [5.41, 5.74) is -1.12. The van der Waals surface area contributed by atoms with Crippen molar-refractivity contribution in [3.63, 3.8) is 0 Å². The van der Waals surface area contributed by atoms with E-state index >= 15 is 0 Å². The van der Waals surface area contributed by atoms with E-state index in [1.807, 2.05) is 0 Å². The third kappa shape index (κ3) is 5.24. The first kappa shape index (κ1) is 21.5. The Hall–Kier alpha value is -3.20. The van der Waals surface area contributed by atoms with Crippen LogP contribution in [0, 0.1) is 0 Å². The molecule has 1 aromatic heterocycles. The lowest BCUT2D eigenvalue weighted by Crippen LogP contribution is -2.16. The molecule has 0 bridgehead atoms. The number of benzene rings is 2. The van der Waals surface area contributed by atoms with Crippen LogP contribution in [0.3, 0.4) is 0 Å². The van der Waals surface area contributed by atoms with Gasteiger partial charge in [-0.25, -0.2) is 4.79 Å². The molecule has 3 rings (SSSR count). The van der Waals surface area contributed by atoms with Gasteiger partial charge in [0.05, 0.1) is 11.7 Å². The maximum Gasteiger partial charge on any atom is 0.416 e. The molecule has 0 aliphatic rings. The van der Waals surface area contributed by atoms with E-state index in [-0.39, 0.29) is 28.7 Å². The van der Waals surface area contributed by atoms with Crippen molar-refractivity contribution in [2.75, 3.05) is 0 Å². The summed E-state index contributed by atoms with van der Waals surface area (Å²) in [5, 5.41) is 8.05. The second-order valence-corrected chi connectivity index (χ2v) is 6.81. The third-order valence-corrected chi connectivity index (χ3v) is 3.92. The molecule has 0 fully saturated rings. The SMILES string of the molecule is CC(C)OC(=O)c1nnc(-c2cccc(C(F)(F)F)c2)nc1Oc1ccc(Cl)cc1. The van der Waals surface area contributed by atoms with Gasteiger partial charge in [-0.3, -0.25) is 0 Å². The predicted octanol–water partition coefficient (Wildman–Crippen LogP) is 5.57. The van der Waals surface area contributed by atoms with E-state index in [2.05, 4.69) is 15.2 Å². The number of halogens is 4. The average molecular weight is 438 g/mol. The van der Waals surface area contributed by atoms with Crippen LogP contribution in [0.4, 0.5) is 13.2 Å². The van der Waals surface area contributed by atoms with Crippen molar-refractivity contribution in [2.24, 2.45) is 0 Å². The molecule has 0 amide bonds. The van der Waals surface area contributed by atoms with Crippen LogP contribution >= 0.6 is 11.6 Å². The zero-order valence-electron chi connectivity index (χ0n) is 15.8. The molecular formula is C20H15ClF3N3O3. The molecule has 0 atom stereocenters. The zero-order chi connectivity index (χ0) is 21.9. The maximum atomic E-state index is 13.0. The van der Waals surface area contributed by atoms with Crippen molar-refractivity contribution < 1.29 is 27.4 Å². The first-order valence-electron chi connectivity index (χ1n) is 8.70. The molecule has 10 heteroatoms. The number of hydrogen-bond acceptors (Lipinski definition) is 6. The van der Waals surface area contributed by atoms with Gasteiger partial charge in [-0.05, 0) is 50.2 Å². The van der Waals surface area contributed by atoms with Crippen molar-refractivity contribution in [3.05, 3.63) is 64.8 Å². The van der Waals surface area contributed by atoms with Crippen LogP contribution in [0.2, 0.25) is 5.02 Å². The van der Waals surface area contributed by atoms with Crippen molar-refractivity contribution >= 4 is 17.6 Å². The summed E-state index contributed by atoms with van der Waals surface area (Å²) in [6.07, 6.45) is -4.97. The van der Waals surface area contributed by atoms with Gasteiger partial charge in [0.1, 0.15) is 5.75 Å². The van der Waals surface area contributed by atoms with Gasteiger partial charge in [0.25, 0.3) is 5.88 Å². The highest BCUT2D eigenvalue weighted by Gasteiger charge is 2.31. The quantitative estimate of drug-likeness (QED) is 0.486. The summed E-state index contributed by atoms with van der Waals surface area (Å²) < 4.78 is 49.8. The highest BCUT2D eigenvalue weighted by Crippen LogP contribution is 2.32. The van der Waals surface area contributed by atoms with Gasteiger partial charge in [-0.2, -0.15) is 18.2 Å². The lowest BCUT2D eigenvalue weighted by atomic mass is 10.1. The van der Waals surface area contributed by atoms with Crippen LogP contribution in [-0.4, -0.2) is 27.3 Å². The summed E-state index contributed by atoms with van der Waals surface area (Å²) in [4.78, 5) is 16.5. The summed E-state index contributed by atoms with van der Waals surface area (Å²) >= 11 is 5.85. The molecule has 0 N–H and O–H groups in total. The molecule has 1 heterocycles. The topological polar surface area (TPSA) is 74.2 Å². The Morgan fingerprint density at radius 1 is 1.07 bits per heavy atom. The van der Waals surface area contributed by atoms with Gasteiger partial charge in [-0.15, -0.1) is 10.2 Å². The Kier molecular flexibility index (Phi) is 6.21. The molecule has 0 saturated carbocycles. The highest BCUT2D eigenvalue weighted by molar-refractivity contribution is 6.30. The van der Waals surface area contributed by atoms with E-state index in [9.17, 15) is 18.0 Å². The van der Waals surface area contributed by atoms with E-state index in [1.54, 1.807) is 26.0 Å². The molecule has 0 spiro atoms. The number of hydrogen-bond donors (Lipinski definition) is 0. The van der Waals surface area contributed by atoms with Gasteiger partial charge in [0.15, 0.2) is 5.82 Å². The van der Waals surface area contributed by atoms with Gasteiger partial charge in [0.2, 0.25) is 5.69 Å². The summed E-state index contributed by atoms with van der Waals surface area (Å²) in [6, 6.07) is 10.6. The molecule has 0 radical (unpaired) electrons. The molecule has 156 valence electrons. The highest BCUT2D eigenvalue weighted by atomic mass is 35.5. The second-order valence-electron chi connectivity index (χ2n) is 6.38. The van der Waals surface area contributed by atoms with E-state index in [0.717, 1.165) is 12.1 Å². The minimum Gasteiger partial charge on any atom is -0.458 e. The summed E-state index contributed by atoms with van der Waals surface area (Å²) in [6.45, 7) is 3.30. The second kappa shape index (κ2) is 8.66. The van der Waals surface area contributed by atoms with Crippen LogP contribution < -0.4 is 4.74 Å². The fraction of sp³-hybridized carbons (Fsp3) is 0.200. The molecule has 0 aliphatic heterocycles. The van der Waals surface area contributed by atoms with Gasteiger partial charge < -0.3 is 9.47 Å². The molecule has 2 aromatic carbocycles. The fourth-order valence-electron chi connectivity index (χ4n) is 2.35. The number of aromatic nitrogens is 3. The van der Waals surface area contributed by atoms with Crippen molar-refractivity contribution in [2.45, 2.75) is 26.1 Å². The lowest BCUT2D eigenvalue weighted by molar-refractivity contribution is -0.137. The molecule has 3 aromatic rings. The average Bonchev–Trinajstić information content (AvgIpc) is 2.68. The number of nitrogens with zero attached hydrogens (tertiary/aromatic N) is 3. The molecule has 0 unspecified atom stereocenters. The standard InChI is InChI=1S/C20H15ClF3N3O3/c1-11(2)29-19(28)16-18(30-15-8-6-14(21)7-9-15)25-17(27-26-16)12-4-3-5-13(10-12)20(22,23)24/h3-11H,1-2H3. The van der Waals surface area contributed by atoms with Gasteiger partial charge in [0, 0.05) is 10.6 Å². The smallest absolute Gasteiger partial charge is 0.416 e. The van der Waals surface area contributed by atoms with E-state index < -0.39 is 23.8 Å². The Balaban J connectivity index is 2.04. The molecule has 6 nitrogen and oxygen atoms in total. The first-order valence-corrected chi connectivity index (χ1v) is 9.08. The Morgan fingerprint density at radius 3 is 2.40 bits per heavy atom. The van der Waals surface area contributed by atoms with E-state index in [4.69, 9.17) is 21.1 Å². The fourth-order valence-corrected chi connectivity index (χ4v) is 2.48. The van der Waals surface area contributed by atoms with Crippen molar-refractivity contribution in [1.82, 2.24) is 15.2 Å². The molecule has 30 heavy (non-hydrogen) atoms. The maximum absolute atomic E-state index is 13.0. The van der Waals surface area contributed by atoms with E-state index in [0.29, 0.717) is 5.02 Å². The molecular weight excluding hydrogens is 423 g/mol. The Morgan fingerprint density at radius 2 is 1.77 bits per heavy atom. The largest absolute Gasteiger partial charge is 0.458 e. The van der Waals surface area contributed by atoms with Gasteiger partial charge >= 0.3 is 12.1 Å². The number of carbonyl (C=O) groups is 1. The summed E-state index contributed by atoms with van der Waals surface area (Å²) in [7, 11) is 0. The van der Waals surface area contributed by atoms with Crippen molar-refractivity contribution in [3.8, 4) is 23.0 Å². The minimum absolute atomic E-state index is 0.0575. The zero-order valence-corrected chi connectivity index (χ0v) is 16.5. The first-order chi connectivity index (χ1) is 14.1. The molecule has 0 aliphatic carbocycles. The Labute approximate surface area is 174 Å². The predicted molar refractivity (Wildman–Crippen MR) is 102 cm³/mol. The van der Waals surface area contributed by atoms with Crippen LogP contribution in [0.1, 0.15) is 29.9 Å². The molecule has 0 saturated heterocycles. The van der Waals surface area contributed by atoms with E-state index in [1.165, 1.54) is 24.3 Å². The van der Waals surface area contributed by atoms with Gasteiger partial charge in [-0.1, -0.05) is 23.7 Å². The van der Waals surface area contributed by atoms with Crippen molar-refractivity contribution in [1.29, 1.82) is 0 Å². The number of alkyl halides is 3. The normalized spacial score (nSPS) is 11.4. The number of rotatable bonds is 5. The van der Waals surface area contributed by atoms with Crippen LogP contribution in [-0.2, 0) is 10.9 Å². The van der Waals surface area contributed by atoms with Crippen LogP contribution in [0.25, 0.3) is 11.4 Å². The third-order valence-electron chi connectivity index (χ3n) is 3.67. The number of carbonyl (C=O) groups excluding carboxylic acids is 1. The summed E-state index contributed by atoms with van der Waals surface area (Å²) in [5.74, 6) is -0.949. The minimum atomic E-state index is -4.53. The number of esters is 1.